The van der Waals surface area contributed by atoms with Gasteiger partial charge in [0.1, 0.15) is 5.69 Å². The molecule has 1 aliphatic heterocycles. The van der Waals surface area contributed by atoms with Crippen LogP contribution in [0.4, 0.5) is 18.3 Å². The number of nitrogens with one attached hydrogen (secondary N) is 1. The number of halogens is 3. The van der Waals surface area contributed by atoms with Crippen LogP contribution >= 0.6 is 11.3 Å². The lowest BCUT2D eigenvalue weighted by Crippen LogP contribution is -2.44. The Bertz CT molecular complexity index is 696. The van der Waals surface area contributed by atoms with E-state index in [1.807, 2.05) is 4.90 Å². The summed E-state index contributed by atoms with van der Waals surface area (Å²) < 4.78 is 37.8. The second-order valence-corrected chi connectivity index (χ2v) is 6.30. The zero-order valence-corrected chi connectivity index (χ0v) is 13.4. The summed E-state index contributed by atoms with van der Waals surface area (Å²) in [5.74, 6) is -0.234. The number of rotatable bonds is 3. The Morgan fingerprint density at radius 1 is 1.29 bits per heavy atom. The highest BCUT2D eigenvalue weighted by atomic mass is 32.1. The lowest BCUT2D eigenvalue weighted by Gasteiger charge is -2.32. The van der Waals surface area contributed by atoms with Crippen LogP contribution < -0.4 is 10.2 Å². The van der Waals surface area contributed by atoms with Crippen molar-refractivity contribution in [2.45, 2.75) is 25.1 Å². The first-order valence-corrected chi connectivity index (χ1v) is 8.31. The fourth-order valence-corrected chi connectivity index (χ4v) is 3.40. The van der Waals surface area contributed by atoms with E-state index in [0.717, 1.165) is 16.7 Å². The van der Waals surface area contributed by atoms with Crippen LogP contribution in [0.5, 0.6) is 0 Å². The zero-order valence-electron chi connectivity index (χ0n) is 12.6. The molecule has 0 atom stereocenters. The fourth-order valence-electron chi connectivity index (χ4n) is 2.51. The smallest absolute Gasteiger partial charge is 0.348 e. The third-order valence-electron chi connectivity index (χ3n) is 3.78. The van der Waals surface area contributed by atoms with Crippen LogP contribution in [0.15, 0.2) is 29.8 Å². The summed E-state index contributed by atoms with van der Waals surface area (Å²) in [6, 6.07) is 5.10. The molecule has 2 aromatic rings. The first-order chi connectivity index (χ1) is 11.4. The van der Waals surface area contributed by atoms with Crippen molar-refractivity contribution in [1.82, 2.24) is 15.3 Å². The van der Waals surface area contributed by atoms with E-state index >= 15 is 0 Å². The first-order valence-electron chi connectivity index (χ1n) is 7.43. The summed E-state index contributed by atoms with van der Waals surface area (Å²) in [4.78, 5) is 21.5. The SMILES string of the molecule is O=C(NC1CCN(c2nc(C(F)(F)F)cs2)CC1)c1ccccn1. The zero-order chi connectivity index (χ0) is 17.2. The van der Waals surface area contributed by atoms with Crippen molar-refractivity contribution in [2.75, 3.05) is 18.0 Å². The predicted octanol–water partition coefficient (Wildman–Crippen LogP) is 2.96. The van der Waals surface area contributed by atoms with Crippen LogP contribution in [-0.4, -0.2) is 35.0 Å². The molecule has 1 N–H and O–H groups in total. The van der Waals surface area contributed by atoms with Crippen LogP contribution in [-0.2, 0) is 6.18 Å². The highest BCUT2D eigenvalue weighted by molar-refractivity contribution is 7.13. The Hall–Kier alpha value is -2.16. The van der Waals surface area contributed by atoms with Gasteiger partial charge in [0.05, 0.1) is 0 Å². The third kappa shape index (κ3) is 3.84. The monoisotopic (exact) mass is 356 g/mol. The number of nitrogens with zero attached hydrogens (tertiary/aromatic N) is 3. The van der Waals surface area contributed by atoms with Crippen molar-refractivity contribution in [3.8, 4) is 0 Å². The molecule has 0 aliphatic carbocycles. The van der Waals surface area contributed by atoms with Gasteiger partial charge in [0, 0.05) is 30.7 Å². The summed E-state index contributed by atoms with van der Waals surface area (Å²) in [5.41, 5.74) is -0.497. The number of carbonyl (C=O) groups excluding carboxylic acids is 1. The summed E-state index contributed by atoms with van der Waals surface area (Å²) in [6.07, 6.45) is -1.55. The molecule has 0 bridgehead atoms. The van der Waals surface area contributed by atoms with Gasteiger partial charge in [-0.1, -0.05) is 6.07 Å². The van der Waals surface area contributed by atoms with E-state index in [0.29, 0.717) is 36.8 Å². The van der Waals surface area contributed by atoms with E-state index in [9.17, 15) is 18.0 Å². The Labute approximate surface area is 140 Å². The number of piperidine rings is 1. The maximum Gasteiger partial charge on any atom is 0.434 e. The molecule has 1 fully saturated rings. The molecule has 3 rings (SSSR count). The topological polar surface area (TPSA) is 58.1 Å². The number of pyridine rings is 1. The van der Waals surface area contributed by atoms with Gasteiger partial charge in [0.25, 0.3) is 5.91 Å². The van der Waals surface area contributed by atoms with Crippen LogP contribution in [0.1, 0.15) is 29.0 Å². The molecule has 0 spiro atoms. The minimum absolute atomic E-state index is 0.0159. The van der Waals surface area contributed by atoms with Gasteiger partial charge in [0.2, 0.25) is 0 Å². The number of carbonyl (C=O) groups is 1. The molecular weight excluding hydrogens is 341 g/mol. The van der Waals surface area contributed by atoms with Gasteiger partial charge >= 0.3 is 6.18 Å². The van der Waals surface area contributed by atoms with Gasteiger partial charge in [0.15, 0.2) is 10.8 Å². The van der Waals surface area contributed by atoms with Gasteiger partial charge in [-0.05, 0) is 25.0 Å². The predicted molar refractivity (Wildman–Crippen MR) is 84.1 cm³/mol. The average molecular weight is 356 g/mol. The van der Waals surface area contributed by atoms with Crippen molar-refractivity contribution in [3.63, 3.8) is 0 Å². The summed E-state index contributed by atoms with van der Waals surface area (Å²) in [7, 11) is 0. The highest BCUT2D eigenvalue weighted by Gasteiger charge is 2.34. The van der Waals surface area contributed by atoms with Crippen LogP contribution in [0.2, 0.25) is 0 Å². The molecule has 0 unspecified atom stereocenters. The molecule has 1 aliphatic rings. The van der Waals surface area contributed by atoms with Crippen molar-refractivity contribution in [3.05, 3.63) is 41.2 Å². The second-order valence-electron chi connectivity index (χ2n) is 5.46. The number of alkyl halides is 3. The van der Waals surface area contributed by atoms with E-state index in [-0.39, 0.29) is 11.9 Å². The number of aromatic nitrogens is 2. The van der Waals surface area contributed by atoms with E-state index in [1.54, 1.807) is 24.4 Å². The molecule has 0 radical (unpaired) electrons. The molecule has 1 amide bonds. The van der Waals surface area contributed by atoms with Crippen molar-refractivity contribution in [1.29, 1.82) is 0 Å². The molecule has 128 valence electrons. The Balaban J connectivity index is 1.54. The molecule has 24 heavy (non-hydrogen) atoms. The minimum atomic E-state index is -4.41. The normalized spacial score (nSPS) is 16.2. The Kier molecular flexibility index (Phi) is 4.70. The van der Waals surface area contributed by atoms with Gasteiger partial charge < -0.3 is 10.2 Å². The van der Waals surface area contributed by atoms with E-state index in [4.69, 9.17) is 0 Å². The highest BCUT2D eigenvalue weighted by Crippen LogP contribution is 2.33. The van der Waals surface area contributed by atoms with Crippen LogP contribution in [0, 0.1) is 0 Å². The van der Waals surface area contributed by atoms with Crippen LogP contribution in [0.25, 0.3) is 0 Å². The standard InChI is InChI=1S/C15H15F3N4OS/c16-15(17,18)12-9-24-14(21-12)22-7-4-10(5-8-22)20-13(23)11-3-1-2-6-19-11/h1-3,6,9-10H,4-5,7-8H2,(H,20,23). The average Bonchev–Trinajstić information content (AvgIpc) is 3.07. The lowest BCUT2D eigenvalue weighted by atomic mass is 10.1. The molecular formula is C15H15F3N4OS. The summed E-state index contributed by atoms with van der Waals surface area (Å²) >= 11 is 0.992. The molecule has 0 saturated carbocycles. The fraction of sp³-hybridized carbons (Fsp3) is 0.400. The molecule has 9 heteroatoms. The number of amides is 1. The number of hydrogen-bond acceptors (Lipinski definition) is 5. The quantitative estimate of drug-likeness (QED) is 0.919. The Morgan fingerprint density at radius 2 is 2.04 bits per heavy atom. The van der Waals surface area contributed by atoms with E-state index in [1.165, 1.54) is 0 Å². The molecule has 5 nitrogen and oxygen atoms in total. The number of thiazole rings is 1. The lowest BCUT2D eigenvalue weighted by molar-refractivity contribution is -0.140. The van der Waals surface area contributed by atoms with Gasteiger partial charge in [-0.2, -0.15) is 13.2 Å². The molecule has 0 aromatic carbocycles. The number of hydrogen-bond donors (Lipinski definition) is 1. The first kappa shape index (κ1) is 16.7. The third-order valence-corrected chi connectivity index (χ3v) is 4.68. The van der Waals surface area contributed by atoms with E-state index < -0.39 is 11.9 Å². The van der Waals surface area contributed by atoms with Gasteiger partial charge in [-0.25, -0.2) is 4.98 Å². The molecule has 2 aromatic heterocycles. The molecule has 1 saturated heterocycles. The van der Waals surface area contributed by atoms with E-state index in [2.05, 4.69) is 15.3 Å². The molecule has 3 heterocycles. The van der Waals surface area contributed by atoms with Crippen molar-refractivity contribution in [2.24, 2.45) is 0 Å². The maximum absolute atomic E-state index is 12.6. The summed E-state index contributed by atoms with van der Waals surface area (Å²) in [5, 5.41) is 4.32. The second kappa shape index (κ2) is 6.76. The van der Waals surface area contributed by atoms with Crippen molar-refractivity contribution < 1.29 is 18.0 Å². The van der Waals surface area contributed by atoms with Gasteiger partial charge in [-0.3, -0.25) is 9.78 Å². The van der Waals surface area contributed by atoms with Crippen LogP contribution in [0.3, 0.4) is 0 Å². The number of anilines is 1. The summed E-state index contributed by atoms with van der Waals surface area (Å²) in [6.45, 7) is 1.11. The van der Waals surface area contributed by atoms with Gasteiger partial charge in [-0.15, -0.1) is 11.3 Å². The van der Waals surface area contributed by atoms with Crippen molar-refractivity contribution >= 4 is 22.4 Å². The minimum Gasteiger partial charge on any atom is -0.348 e. The maximum atomic E-state index is 12.6. The Morgan fingerprint density at radius 3 is 2.62 bits per heavy atom. The largest absolute Gasteiger partial charge is 0.434 e.